The largest absolute Gasteiger partial charge is 0.497 e. The number of hydrogen-bond acceptors (Lipinski definition) is 8. The number of fused-ring (bicyclic) bond motifs is 1. The lowest BCUT2D eigenvalue weighted by atomic mass is 9.98. The maximum Gasteiger partial charge on any atom is 0.406 e. The van der Waals surface area contributed by atoms with E-state index in [1.165, 1.54) is 7.11 Å². The zero-order valence-corrected chi connectivity index (χ0v) is 16.2. The molecule has 5 atom stereocenters. The number of ether oxygens (including phenoxy) is 3. The van der Waals surface area contributed by atoms with E-state index in [0.29, 0.717) is 24.2 Å². The van der Waals surface area contributed by atoms with Crippen molar-refractivity contribution < 1.29 is 39.4 Å². The summed E-state index contributed by atoms with van der Waals surface area (Å²) in [5, 5.41) is 43.5. The summed E-state index contributed by atoms with van der Waals surface area (Å²) in [6, 6.07) is 5.36. The van der Waals surface area contributed by atoms with Gasteiger partial charge in [-0.1, -0.05) is 0 Å². The molecule has 29 heavy (non-hydrogen) atoms. The molecule has 0 bridgehead atoms. The fourth-order valence-electron chi connectivity index (χ4n) is 3.52. The van der Waals surface area contributed by atoms with Crippen LogP contribution in [0.3, 0.4) is 0 Å². The minimum atomic E-state index is -1.48. The molecule has 1 aliphatic rings. The number of benzene rings is 1. The summed E-state index contributed by atoms with van der Waals surface area (Å²) in [6.07, 6.45) is -4.70. The molecule has 0 saturated carbocycles. The first-order valence-corrected chi connectivity index (χ1v) is 9.21. The van der Waals surface area contributed by atoms with E-state index in [2.05, 4.69) is 10.1 Å². The number of rotatable bonds is 6. The molecule has 3 rings (SSSR count). The normalized spacial score (nSPS) is 27.0. The smallest absolute Gasteiger partial charge is 0.406 e. The summed E-state index contributed by atoms with van der Waals surface area (Å²) in [6.45, 7) is -0.192. The number of hydrogen-bond donors (Lipinski definition) is 5. The Labute approximate surface area is 167 Å². The average Bonchev–Trinajstić information content (AvgIpc) is 3.09. The van der Waals surface area contributed by atoms with E-state index in [0.717, 1.165) is 10.9 Å². The number of methoxy groups -OCH3 is 2. The molecule has 0 aliphatic carbocycles. The number of nitrogens with zero attached hydrogens (tertiary/aromatic N) is 1. The van der Waals surface area contributed by atoms with Crippen molar-refractivity contribution >= 4 is 17.0 Å². The summed E-state index contributed by atoms with van der Waals surface area (Å²) in [5.41, 5.74) is 1.54. The second-order valence-electron chi connectivity index (χ2n) is 6.83. The van der Waals surface area contributed by atoms with Crippen LogP contribution in [0.2, 0.25) is 0 Å². The Kier molecular flexibility index (Phi) is 6.60. The topological polar surface area (TPSA) is 143 Å². The van der Waals surface area contributed by atoms with E-state index in [9.17, 15) is 25.2 Å². The van der Waals surface area contributed by atoms with Gasteiger partial charge in [-0.05, 0) is 30.2 Å². The van der Waals surface area contributed by atoms with Crippen molar-refractivity contribution in [3.05, 3.63) is 30.0 Å². The Morgan fingerprint density at radius 3 is 2.62 bits per heavy atom. The molecule has 2 aromatic rings. The van der Waals surface area contributed by atoms with Crippen LogP contribution in [0.1, 0.15) is 11.8 Å². The highest BCUT2D eigenvalue weighted by Gasteiger charge is 2.44. The van der Waals surface area contributed by atoms with E-state index < -0.39 is 43.3 Å². The molecule has 0 spiro atoms. The van der Waals surface area contributed by atoms with Crippen molar-refractivity contribution in [1.29, 1.82) is 0 Å². The van der Waals surface area contributed by atoms with Gasteiger partial charge in [0.25, 0.3) is 0 Å². The maximum atomic E-state index is 11.3. The van der Waals surface area contributed by atoms with Gasteiger partial charge in [0.2, 0.25) is 0 Å². The molecule has 1 saturated heterocycles. The lowest BCUT2D eigenvalue weighted by Crippen LogP contribution is -2.56. The number of aromatic nitrogens is 1. The van der Waals surface area contributed by atoms with Crippen molar-refractivity contribution in [2.24, 2.45) is 0 Å². The van der Waals surface area contributed by atoms with Crippen LogP contribution in [0.15, 0.2) is 24.4 Å². The van der Waals surface area contributed by atoms with E-state index >= 15 is 0 Å². The van der Waals surface area contributed by atoms with Gasteiger partial charge in [0.05, 0.1) is 26.3 Å². The molecule has 0 radical (unpaired) electrons. The Morgan fingerprint density at radius 1 is 1.21 bits per heavy atom. The number of amides is 1. The summed E-state index contributed by atoms with van der Waals surface area (Å²) < 4.78 is 17.2. The maximum absolute atomic E-state index is 11.3. The molecule has 1 amide bonds. The predicted molar refractivity (Wildman–Crippen MR) is 102 cm³/mol. The summed E-state index contributed by atoms with van der Waals surface area (Å²) >= 11 is 0. The molecule has 2 heterocycles. The monoisotopic (exact) mass is 410 g/mol. The highest BCUT2D eigenvalue weighted by molar-refractivity contribution is 5.85. The summed E-state index contributed by atoms with van der Waals surface area (Å²) in [7, 11) is 2.83. The average molecular weight is 410 g/mol. The number of aliphatic hydroxyl groups excluding tert-OH is 4. The third-order valence-electron chi connectivity index (χ3n) is 5.11. The zero-order chi connectivity index (χ0) is 21.1. The van der Waals surface area contributed by atoms with Crippen LogP contribution < -0.4 is 10.1 Å². The van der Waals surface area contributed by atoms with Gasteiger partial charge < -0.3 is 44.5 Å². The molecular weight excluding hydrogens is 384 g/mol. The molecule has 1 aromatic carbocycles. The lowest BCUT2D eigenvalue weighted by molar-refractivity contribution is -0.250. The zero-order valence-electron chi connectivity index (χ0n) is 16.2. The van der Waals surface area contributed by atoms with Crippen LogP contribution in [0.5, 0.6) is 5.75 Å². The van der Waals surface area contributed by atoms with Crippen LogP contribution in [-0.4, -0.2) is 82.9 Å². The number of aliphatic hydroxyl groups is 4. The van der Waals surface area contributed by atoms with Crippen LogP contribution in [0.25, 0.3) is 10.9 Å². The first-order chi connectivity index (χ1) is 13.9. The van der Waals surface area contributed by atoms with E-state index in [1.807, 2.05) is 6.07 Å². The van der Waals surface area contributed by atoms with Crippen molar-refractivity contribution in [2.75, 3.05) is 27.4 Å². The Hall–Kier alpha value is -2.37. The molecule has 1 aromatic heterocycles. The first-order valence-electron chi connectivity index (χ1n) is 9.21. The van der Waals surface area contributed by atoms with Crippen molar-refractivity contribution in [3.63, 3.8) is 0 Å². The number of carbonyl (C=O) groups excluding carboxylic acids is 1. The standard InChI is InChI=1S/C19H26N2O8/c1-27-11-3-4-13-12(7-11)10(5-6-20-19(26)28-2)8-21(13)18-17(25)16(24)15(23)14(9-22)29-18/h3-4,7-8,14-18,22-25H,5-6,9H2,1-2H3,(H,20,26)/t14-,15-,16+,17-,18-/m1/s1. The number of carbonyl (C=O) groups is 1. The first kappa shape index (κ1) is 21.3. The second kappa shape index (κ2) is 8.97. The molecular formula is C19H26N2O8. The van der Waals surface area contributed by atoms with Crippen molar-refractivity contribution in [1.82, 2.24) is 9.88 Å². The fraction of sp³-hybridized carbons (Fsp3) is 0.526. The van der Waals surface area contributed by atoms with Gasteiger partial charge in [-0.3, -0.25) is 0 Å². The number of alkyl carbamates (subject to hydrolysis) is 1. The van der Waals surface area contributed by atoms with Crippen LogP contribution in [0.4, 0.5) is 4.79 Å². The van der Waals surface area contributed by atoms with Gasteiger partial charge in [0.1, 0.15) is 30.2 Å². The van der Waals surface area contributed by atoms with E-state index in [4.69, 9.17) is 9.47 Å². The summed E-state index contributed by atoms with van der Waals surface area (Å²) in [5.74, 6) is 0.631. The highest BCUT2D eigenvalue weighted by atomic mass is 16.6. The van der Waals surface area contributed by atoms with Crippen molar-refractivity contribution in [3.8, 4) is 5.75 Å². The van der Waals surface area contributed by atoms with Gasteiger partial charge in [0, 0.05) is 18.1 Å². The van der Waals surface area contributed by atoms with Gasteiger partial charge >= 0.3 is 6.09 Å². The third kappa shape index (κ3) is 4.16. The van der Waals surface area contributed by atoms with Gasteiger partial charge in [-0.15, -0.1) is 0 Å². The van der Waals surface area contributed by atoms with Crippen LogP contribution in [-0.2, 0) is 15.9 Å². The van der Waals surface area contributed by atoms with E-state index in [1.54, 1.807) is 30.0 Å². The molecule has 10 nitrogen and oxygen atoms in total. The number of nitrogens with one attached hydrogen (secondary N) is 1. The Balaban J connectivity index is 1.97. The lowest BCUT2D eigenvalue weighted by Gasteiger charge is -2.40. The van der Waals surface area contributed by atoms with Crippen molar-refractivity contribution in [2.45, 2.75) is 37.1 Å². The molecule has 1 fully saturated rings. The van der Waals surface area contributed by atoms with Crippen LogP contribution in [0, 0.1) is 0 Å². The second-order valence-corrected chi connectivity index (χ2v) is 6.83. The van der Waals surface area contributed by atoms with Gasteiger partial charge in [-0.2, -0.15) is 0 Å². The fourth-order valence-corrected chi connectivity index (χ4v) is 3.52. The molecule has 5 N–H and O–H groups in total. The molecule has 10 heteroatoms. The summed E-state index contributed by atoms with van der Waals surface area (Å²) in [4.78, 5) is 11.3. The SMILES string of the molecule is COC(=O)NCCc1cn([C@@H]2O[C@H](CO)[C@@H](O)[C@H](O)[C@H]2O)c2ccc(OC)cc12. The third-order valence-corrected chi connectivity index (χ3v) is 5.11. The van der Waals surface area contributed by atoms with Crippen LogP contribution >= 0.6 is 0 Å². The quantitative estimate of drug-likeness (QED) is 0.430. The minimum Gasteiger partial charge on any atom is -0.497 e. The predicted octanol–water partition coefficient (Wildman–Crippen LogP) is -0.479. The minimum absolute atomic E-state index is 0.317. The van der Waals surface area contributed by atoms with Gasteiger partial charge in [0.15, 0.2) is 6.23 Å². The molecule has 0 unspecified atom stereocenters. The molecule has 1 aliphatic heterocycles. The highest BCUT2D eigenvalue weighted by Crippen LogP contribution is 2.34. The molecule has 160 valence electrons. The van der Waals surface area contributed by atoms with Gasteiger partial charge in [-0.25, -0.2) is 4.79 Å². The van der Waals surface area contributed by atoms with E-state index in [-0.39, 0.29) is 0 Å². The Morgan fingerprint density at radius 2 is 1.97 bits per heavy atom. The Bertz CT molecular complexity index is 852.